The number of aryl methyl sites for hydroxylation is 1. The number of hydrogen-bond acceptors (Lipinski definition) is 5. The molecule has 1 aromatic carbocycles. The van der Waals surface area contributed by atoms with Crippen molar-refractivity contribution in [3.05, 3.63) is 23.8 Å². The maximum Gasteiger partial charge on any atom is 0.410 e. The van der Waals surface area contributed by atoms with Crippen molar-refractivity contribution in [3.8, 4) is 0 Å². The quantitative estimate of drug-likeness (QED) is 0.775. The van der Waals surface area contributed by atoms with Gasteiger partial charge >= 0.3 is 6.09 Å². The Morgan fingerprint density at radius 2 is 1.96 bits per heavy atom. The fraction of sp³-hybridized carbons (Fsp3) is 0.579. The number of benzene rings is 1. The summed E-state index contributed by atoms with van der Waals surface area (Å²) in [5, 5.41) is 2.80. The first-order valence-corrected chi connectivity index (χ1v) is 10.5. The third-order valence-corrected chi connectivity index (χ3v) is 5.68. The molecule has 0 aliphatic carbocycles. The fourth-order valence-electron chi connectivity index (χ4n) is 3.53. The predicted octanol–water partition coefficient (Wildman–Crippen LogP) is 2.57. The van der Waals surface area contributed by atoms with Crippen LogP contribution in [-0.2, 0) is 27.2 Å². The van der Waals surface area contributed by atoms with Crippen molar-refractivity contribution in [2.24, 2.45) is 0 Å². The Morgan fingerprint density at radius 1 is 1.29 bits per heavy atom. The number of carbonyl (C=O) groups excluding carboxylic acids is 2. The van der Waals surface area contributed by atoms with Crippen LogP contribution in [0, 0.1) is 0 Å². The molecule has 1 aromatic rings. The van der Waals surface area contributed by atoms with Crippen molar-refractivity contribution in [1.82, 2.24) is 4.90 Å². The van der Waals surface area contributed by atoms with Gasteiger partial charge in [-0.2, -0.15) is 0 Å². The molecule has 8 nitrogen and oxygen atoms in total. The van der Waals surface area contributed by atoms with E-state index in [1.807, 2.05) is 26.8 Å². The number of piperidine rings is 1. The van der Waals surface area contributed by atoms with Crippen molar-refractivity contribution in [1.29, 1.82) is 0 Å². The van der Waals surface area contributed by atoms with Crippen LogP contribution in [0.5, 0.6) is 0 Å². The van der Waals surface area contributed by atoms with Gasteiger partial charge in [-0.25, -0.2) is 4.79 Å². The molecule has 1 saturated heterocycles. The second-order valence-electron chi connectivity index (χ2n) is 8.13. The maximum atomic E-state index is 12.2. The predicted molar refractivity (Wildman–Crippen MR) is 106 cm³/mol. The van der Waals surface area contributed by atoms with E-state index >= 15 is 0 Å². The van der Waals surface area contributed by atoms with Gasteiger partial charge in [-0.05, 0) is 63.8 Å². The molecule has 1 fully saturated rings. The molecule has 2 aliphatic rings. The second kappa shape index (κ2) is 8.08. The largest absolute Gasteiger partial charge is 0.755 e. The standard InChI is InChI=1S/C19H27N3O5S/c1-19(2,3)27-18(24)21-10-8-14(9-11-21)22(28(25)26)15-5-6-16-13(12-15)4-7-17(23)20-16/h5-6,12,14H,4,7-11H2,1-3H3,(H,20,23)(H,25,26)/p-1. The van der Waals surface area contributed by atoms with Crippen LogP contribution in [0.25, 0.3) is 0 Å². The number of ether oxygens (including phenoxy) is 1. The summed E-state index contributed by atoms with van der Waals surface area (Å²) in [6, 6.07) is 5.05. The highest BCUT2D eigenvalue weighted by Crippen LogP contribution is 2.31. The smallest absolute Gasteiger partial charge is 0.410 e. The average Bonchev–Trinajstić information content (AvgIpc) is 2.61. The summed E-state index contributed by atoms with van der Waals surface area (Å²) in [5.74, 6) is -0.0287. The van der Waals surface area contributed by atoms with E-state index in [4.69, 9.17) is 4.74 Å². The zero-order chi connectivity index (χ0) is 20.5. The Morgan fingerprint density at radius 3 is 2.57 bits per heavy atom. The molecule has 9 heteroatoms. The molecule has 3 rings (SSSR count). The molecule has 28 heavy (non-hydrogen) atoms. The molecule has 1 atom stereocenters. The normalized spacial score (nSPS) is 18.9. The Kier molecular flexibility index (Phi) is 5.95. The Bertz CT molecular complexity index is 784. The Hall–Kier alpha value is -2.13. The number of hydrogen-bond donors (Lipinski definition) is 1. The van der Waals surface area contributed by atoms with Crippen LogP contribution >= 0.6 is 0 Å². The zero-order valence-electron chi connectivity index (χ0n) is 16.4. The van der Waals surface area contributed by atoms with E-state index in [9.17, 15) is 18.4 Å². The number of nitrogens with one attached hydrogen (secondary N) is 1. The van der Waals surface area contributed by atoms with Crippen molar-refractivity contribution < 1.29 is 23.1 Å². The van der Waals surface area contributed by atoms with E-state index in [2.05, 4.69) is 5.32 Å². The summed E-state index contributed by atoms with van der Waals surface area (Å²) in [7, 11) is 0. The van der Waals surface area contributed by atoms with Crippen LogP contribution < -0.4 is 9.62 Å². The number of carbonyl (C=O) groups is 2. The molecule has 1 unspecified atom stereocenters. The van der Waals surface area contributed by atoms with E-state index in [0.717, 1.165) is 11.3 Å². The lowest BCUT2D eigenvalue weighted by molar-refractivity contribution is -0.116. The Labute approximate surface area is 167 Å². The SMILES string of the molecule is CC(C)(C)OC(=O)N1CCC(N(c2ccc3c(c2)CCC(=O)N3)S(=O)[O-])CC1. The number of amides is 2. The van der Waals surface area contributed by atoms with Crippen LogP contribution in [0.1, 0.15) is 45.6 Å². The van der Waals surface area contributed by atoms with E-state index in [-0.39, 0.29) is 18.0 Å². The van der Waals surface area contributed by atoms with Gasteiger partial charge in [0.1, 0.15) is 5.60 Å². The highest BCUT2D eigenvalue weighted by molar-refractivity contribution is 7.80. The number of likely N-dealkylation sites (tertiary alicyclic amines) is 1. The van der Waals surface area contributed by atoms with Gasteiger partial charge in [-0.3, -0.25) is 13.3 Å². The van der Waals surface area contributed by atoms with E-state index in [1.165, 1.54) is 4.31 Å². The first-order chi connectivity index (χ1) is 13.1. The molecule has 0 spiro atoms. The topological polar surface area (TPSA) is 102 Å². The number of rotatable bonds is 3. The zero-order valence-corrected chi connectivity index (χ0v) is 17.2. The molecule has 154 valence electrons. The number of nitrogens with zero attached hydrogens (tertiary/aromatic N) is 2. The lowest BCUT2D eigenvalue weighted by Crippen LogP contribution is -2.48. The number of anilines is 2. The molecule has 0 saturated carbocycles. The highest BCUT2D eigenvalue weighted by atomic mass is 32.2. The minimum Gasteiger partial charge on any atom is -0.755 e. The molecule has 2 heterocycles. The lowest BCUT2D eigenvalue weighted by Gasteiger charge is -2.40. The average molecular weight is 409 g/mol. The summed E-state index contributed by atoms with van der Waals surface area (Å²) >= 11 is -2.44. The first-order valence-electron chi connectivity index (χ1n) is 9.43. The maximum absolute atomic E-state index is 12.2. The lowest BCUT2D eigenvalue weighted by atomic mass is 10.0. The third kappa shape index (κ3) is 4.82. The summed E-state index contributed by atoms with van der Waals surface area (Å²) in [5.41, 5.74) is 1.68. The monoisotopic (exact) mass is 408 g/mol. The molecule has 0 radical (unpaired) electrons. The van der Waals surface area contributed by atoms with Gasteiger partial charge < -0.3 is 19.5 Å². The molecular formula is C19H26N3O5S-. The van der Waals surface area contributed by atoms with Gasteiger partial charge in [0.2, 0.25) is 5.91 Å². The van der Waals surface area contributed by atoms with Crippen molar-refractivity contribution >= 4 is 34.6 Å². The van der Waals surface area contributed by atoms with Crippen LogP contribution in [0.3, 0.4) is 0 Å². The van der Waals surface area contributed by atoms with Crippen LogP contribution in [0.15, 0.2) is 18.2 Å². The second-order valence-corrected chi connectivity index (χ2v) is 8.96. The van der Waals surface area contributed by atoms with E-state index in [1.54, 1.807) is 17.0 Å². The fourth-order valence-corrected chi connectivity index (χ4v) is 4.27. The summed E-state index contributed by atoms with van der Waals surface area (Å²) in [6.07, 6.45) is 1.67. The summed E-state index contributed by atoms with van der Waals surface area (Å²) in [6.45, 7) is 6.33. The van der Waals surface area contributed by atoms with Crippen LogP contribution in [0.4, 0.5) is 16.2 Å². The number of fused-ring (bicyclic) bond motifs is 1. The third-order valence-electron chi connectivity index (χ3n) is 4.85. The van der Waals surface area contributed by atoms with E-state index < -0.39 is 16.9 Å². The molecular weight excluding hydrogens is 382 g/mol. The van der Waals surface area contributed by atoms with Gasteiger partial charge in [0, 0.05) is 48.2 Å². The van der Waals surface area contributed by atoms with Gasteiger partial charge in [-0.1, -0.05) is 0 Å². The molecule has 2 amide bonds. The molecule has 1 N–H and O–H groups in total. The minimum absolute atomic E-state index is 0.0287. The Balaban J connectivity index is 1.70. The summed E-state index contributed by atoms with van der Waals surface area (Å²) in [4.78, 5) is 25.3. The summed E-state index contributed by atoms with van der Waals surface area (Å²) < 4.78 is 30.7. The van der Waals surface area contributed by atoms with Crippen molar-refractivity contribution in [2.75, 3.05) is 22.7 Å². The highest BCUT2D eigenvalue weighted by Gasteiger charge is 2.30. The van der Waals surface area contributed by atoms with Crippen molar-refractivity contribution in [2.45, 2.75) is 58.1 Å². The molecule has 0 bridgehead atoms. The molecule has 0 aromatic heterocycles. The van der Waals surface area contributed by atoms with Gasteiger partial charge in [-0.15, -0.1) is 0 Å². The minimum atomic E-state index is -2.44. The van der Waals surface area contributed by atoms with Crippen LogP contribution in [-0.4, -0.2) is 50.4 Å². The van der Waals surface area contributed by atoms with E-state index in [0.29, 0.717) is 44.5 Å². The van der Waals surface area contributed by atoms with Crippen LogP contribution in [0.2, 0.25) is 0 Å². The first kappa shape index (κ1) is 20.6. The van der Waals surface area contributed by atoms with Gasteiger partial charge in [0.05, 0.1) is 0 Å². The molecule has 2 aliphatic heterocycles. The van der Waals surface area contributed by atoms with Gasteiger partial charge in [0.15, 0.2) is 0 Å². The van der Waals surface area contributed by atoms with Crippen molar-refractivity contribution in [3.63, 3.8) is 0 Å². The van der Waals surface area contributed by atoms with Gasteiger partial charge in [0.25, 0.3) is 0 Å².